The van der Waals surface area contributed by atoms with Crippen LogP contribution in [0.2, 0.25) is 0 Å². The Labute approximate surface area is 138 Å². The Morgan fingerprint density at radius 2 is 1.38 bits per heavy atom. The molecule has 0 amide bonds. The van der Waals surface area contributed by atoms with Gasteiger partial charge in [0.05, 0.1) is 0 Å². The first kappa shape index (κ1) is 20.5. The summed E-state index contributed by atoms with van der Waals surface area (Å²) in [4.78, 5) is 2.60. The molecule has 0 heterocycles. The van der Waals surface area contributed by atoms with Crippen LogP contribution in [-0.2, 0) is 0 Å². The van der Waals surface area contributed by atoms with Gasteiger partial charge in [-0.05, 0) is 25.1 Å². The zero-order chi connectivity index (χ0) is 14.6. The SMILES string of the molecule is CCCCCCCCC(c1ccccc1)N(CC)CC.Cl. The molecular formula is C19H34ClN. The van der Waals surface area contributed by atoms with E-state index in [1.165, 1.54) is 50.5 Å². The minimum atomic E-state index is 0. The Balaban J connectivity index is 0.00000400. The fourth-order valence-electron chi connectivity index (χ4n) is 3.02. The summed E-state index contributed by atoms with van der Waals surface area (Å²) in [6.45, 7) is 9.13. The summed E-state index contributed by atoms with van der Waals surface area (Å²) in [5, 5.41) is 0. The van der Waals surface area contributed by atoms with Crippen LogP contribution < -0.4 is 0 Å². The number of nitrogens with zero attached hydrogens (tertiary/aromatic N) is 1. The van der Waals surface area contributed by atoms with E-state index in [9.17, 15) is 0 Å². The number of benzene rings is 1. The maximum Gasteiger partial charge on any atom is 0.0347 e. The second-order valence-corrected chi connectivity index (χ2v) is 5.70. The highest BCUT2D eigenvalue weighted by Gasteiger charge is 2.16. The summed E-state index contributed by atoms with van der Waals surface area (Å²) >= 11 is 0. The molecule has 2 heteroatoms. The molecule has 0 aliphatic carbocycles. The number of rotatable bonds is 11. The normalized spacial score (nSPS) is 12.2. The van der Waals surface area contributed by atoms with Crippen molar-refractivity contribution in [1.82, 2.24) is 4.90 Å². The molecule has 0 bridgehead atoms. The van der Waals surface area contributed by atoms with Crippen molar-refractivity contribution in [3.63, 3.8) is 0 Å². The van der Waals surface area contributed by atoms with E-state index < -0.39 is 0 Å². The lowest BCUT2D eigenvalue weighted by atomic mass is 9.98. The molecule has 0 aromatic heterocycles. The molecule has 0 saturated heterocycles. The first-order valence-electron chi connectivity index (χ1n) is 8.62. The van der Waals surface area contributed by atoms with Gasteiger partial charge in [-0.25, -0.2) is 0 Å². The van der Waals surface area contributed by atoms with Crippen molar-refractivity contribution in [2.45, 2.75) is 71.8 Å². The van der Waals surface area contributed by atoms with Gasteiger partial charge in [0, 0.05) is 6.04 Å². The van der Waals surface area contributed by atoms with Crippen LogP contribution in [0.4, 0.5) is 0 Å². The van der Waals surface area contributed by atoms with Crippen molar-refractivity contribution in [2.24, 2.45) is 0 Å². The number of hydrogen-bond acceptors (Lipinski definition) is 1. The Hall–Kier alpha value is -0.530. The van der Waals surface area contributed by atoms with E-state index in [1.54, 1.807) is 0 Å². The van der Waals surface area contributed by atoms with Gasteiger partial charge in [0.25, 0.3) is 0 Å². The van der Waals surface area contributed by atoms with Crippen LogP contribution in [-0.4, -0.2) is 18.0 Å². The first-order valence-corrected chi connectivity index (χ1v) is 8.62. The molecule has 1 atom stereocenters. The molecule has 0 aliphatic rings. The molecule has 0 spiro atoms. The van der Waals surface area contributed by atoms with Gasteiger partial charge in [-0.1, -0.05) is 89.6 Å². The van der Waals surface area contributed by atoms with Gasteiger partial charge in [-0.2, -0.15) is 0 Å². The molecular weight excluding hydrogens is 278 g/mol. The zero-order valence-electron chi connectivity index (χ0n) is 14.2. The maximum absolute atomic E-state index is 2.60. The molecule has 0 saturated carbocycles. The quantitative estimate of drug-likeness (QED) is 0.437. The molecule has 0 radical (unpaired) electrons. The average molecular weight is 312 g/mol. The standard InChI is InChI=1S/C19H33N.ClH/c1-4-7-8-9-10-14-17-19(20(5-2)6-3)18-15-12-11-13-16-18;/h11-13,15-16,19H,4-10,14,17H2,1-3H3;1H. The van der Waals surface area contributed by atoms with E-state index in [4.69, 9.17) is 0 Å². The highest BCUT2D eigenvalue weighted by atomic mass is 35.5. The molecule has 0 aliphatic heterocycles. The highest BCUT2D eigenvalue weighted by Crippen LogP contribution is 2.26. The van der Waals surface area contributed by atoms with Gasteiger partial charge in [0.2, 0.25) is 0 Å². The van der Waals surface area contributed by atoms with Crippen LogP contribution in [0.3, 0.4) is 0 Å². The highest BCUT2D eigenvalue weighted by molar-refractivity contribution is 5.85. The predicted octanol–water partition coefficient (Wildman–Crippen LogP) is 6.24. The lowest BCUT2D eigenvalue weighted by molar-refractivity contribution is 0.204. The Morgan fingerprint density at radius 3 is 1.95 bits per heavy atom. The minimum Gasteiger partial charge on any atom is -0.297 e. The third-order valence-corrected chi connectivity index (χ3v) is 4.27. The third kappa shape index (κ3) is 7.87. The average Bonchev–Trinajstić information content (AvgIpc) is 2.50. The van der Waals surface area contributed by atoms with Gasteiger partial charge < -0.3 is 0 Å². The fourth-order valence-corrected chi connectivity index (χ4v) is 3.02. The van der Waals surface area contributed by atoms with Crippen molar-refractivity contribution >= 4 is 12.4 Å². The molecule has 0 N–H and O–H groups in total. The molecule has 0 fully saturated rings. The van der Waals surface area contributed by atoms with E-state index in [1.807, 2.05) is 0 Å². The fraction of sp³-hybridized carbons (Fsp3) is 0.684. The van der Waals surface area contributed by atoms with Crippen LogP contribution in [0.25, 0.3) is 0 Å². The summed E-state index contributed by atoms with van der Waals surface area (Å²) in [5.74, 6) is 0. The largest absolute Gasteiger partial charge is 0.297 e. The summed E-state index contributed by atoms with van der Waals surface area (Å²) in [7, 11) is 0. The molecule has 21 heavy (non-hydrogen) atoms. The van der Waals surface area contributed by atoms with Crippen molar-refractivity contribution in [3.05, 3.63) is 35.9 Å². The van der Waals surface area contributed by atoms with Crippen molar-refractivity contribution < 1.29 is 0 Å². The van der Waals surface area contributed by atoms with Crippen LogP contribution in [0.15, 0.2) is 30.3 Å². The number of hydrogen-bond donors (Lipinski definition) is 0. The van der Waals surface area contributed by atoms with E-state index >= 15 is 0 Å². The summed E-state index contributed by atoms with van der Waals surface area (Å²) in [6.07, 6.45) is 9.62. The molecule has 1 aromatic carbocycles. The predicted molar refractivity (Wildman–Crippen MR) is 97.3 cm³/mol. The van der Waals surface area contributed by atoms with Gasteiger partial charge >= 0.3 is 0 Å². The van der Waals surface area contributed by atoms with Crippen LogP contribution >= 0.6 is 12.4 Å². The van der Waals surface area contributed by atoms with E-state index in [0.29, 0.717) is 6.04 Å². The molecule has 1 rings (SSSR count). The van der Waals surface area contributed by atoms with E-state index in [0.717, 1.165) is 13.1 Å². The Morgan fingerprint density at radius 1 is 0.810 bits per heavy atom. The summed E-state index contributed by atoms with van der Waals surface area (Å²) < 4.78 is 0. The third-order valence-electron chi connectivity index (χ3n) is 4.27. The summed E-state index contributed by atoms with van der Waals surface area (Å²) in [6, 6.07) is 11.7. The van der Waals surface area contributed by atoms with Crippen LogP contribution in [0, 0.1) is 0 Å². The van der Waals surface area contributed by atoms with Gasteiger partial charge in [-0.3, -0.25) is 4.90 Å². The van der Waals surface area contributed by atoms with Gasteiger partial charge in [0.1, 0.15) is 0 Å². The van der Waals surface area contributed by atoms with Gasteiger partial charge in [0.15, 0.2) is 0 Å². The molecule has 122 valence electrons. The first-order chi connectivity index (χ1) is 9.83. The van der Waals surface area contributed by atoms with E-state index in [2.05, 4.69) is 56.0 Å². The lowest BCUT2D eigenvalue weighted by Gasteiger charge is -2.30. The second-order valence-electron chi connectivity index (χ2n) is 5.70. The van der Waals surface area contributed by atoms with Crippen molar-refractivity contribution in [2.75, 3.05) is 13.1 Å². The number of halogens is 1. The van der Waals surface area contributed by atoms with Crippen molar-refractivity contribution in [1.29, 1.82) is 0 Å². The smallest absolute Gasteiger partial charge is 0.0347 e. The molecule has 1 aromatic rings. The molecule has 1 unspecified atom stereocenters. The summed E-state index contributed by atoms with van der Waals surface area (Å²) in [5.41, 5.74) is 1.49. The van der Waals surface area contributed by atoms with Crippen molar-refractivity contribution in [3.8, 4) is 0 Å². The topological polar surface area (TPSA) is 3.24 Å². The zero-order valence-corrected chi connectivity index (χ0v) is 15.0. The maximum atomic E-state index is 2.60. The Bertz CT molecular complexity index is 322. The van der Waals surface area contributed by atoms with Crippen LogP contribution in [0.5, 0.6) is 0 Å². The van der Waals surface area contributed by atoms with E-state index in [-0.39, 0.29) is 12.4 Å². The Kier molecular flexibility index (Phi) is 12.8. The lowest BCUT2D eigenvalue weighted by Crippen LogP contribution is -2.28. The monoisotopic (exact) mass is 311 g/mol. The van der Waals surface area contributed by atoms with Crippen LogP contribution in [0.1, 0.15) is 77.3 Å². The second kappa shape index (κ2) is 13.2. The van der Waals surface area contributed by atoms with Gasteiger partial charge in [-0.15, -0.1) is 12.4 Å². The minimum absolute atomic E-state index is 0. The molecule has 1 nitrogen and oxygen atoms in total. The number of unbranched alkanes of at least 4 members (excludes halogenated alkanes) is 5.